The predicted molar refractivity (Wildman–Crippen MR) is 339 cm³/mol. The minimum Gasteiger partial charge on any atom is -0.462 e. The van der Waals surface area contributed by atoms with E-state index in [0.29, 0.717) is 23.9 Å². The maximum Gasteiger partial charge on any atom is 0.472 e. The number of hydrogen-bond acceptors (Lipinski definition) is 7. The quantitative estimate of drug-likeness (QED) is 0.0211. The first-order valence-electron chi connectivity index (χ1n) is 30.7. The van der Waals surface area contributed by atoms with Gasteiger partial charge in [-0.2, -0.15) is 0 Å². The molecule has 0 heterocycles. The Labute approximate surface area is 484 Å². The smallest absolute Gasteiger partial charge is 0.462 e. The van der Waals surface area contributed by atoms with Gasteiger partial charge in [-0.1, -0.05) is 230 Å². The first-order chi connectivity index (χ1) is 38.5. The molecule has 10 heteroatoms. The number of carbonyl (C=O) groups excluding carboxylic acids is 2. The third kappa shape index (κ3) is 62.7. The van der Waals surface area contributed by atoms with Crippen molar-refractivity contribution >= 4 is 19.8 Å². The first-order valence-corrected chi connectivity index (χ1v) is 32.2. The summed E-state index contributed by atoms with van der Waals surface area (Å²) in [6.45, 7) is 4.23. The highest BCUT2D eigenvalue weighted by Gasteiger charge is 2.27. The van der Waals surface area contributed by atoms with Crippen LogP contribution in [0.4, 0.5) is 0 Å². The number of likely N-dealkylation sites (N-methyl/N-ethyl adjacent to an activating group) is 1. The number of unbranched alkanes of at least 4 members (excludes halogenated alkanes) is 14. The fraction of sp³-hybridized carbons (Fsp3) is 0.594. The maximum absolute atomic E-state index is 12.8. The van der Waals surface area contributed by atoms with E-state index >= 15 is 0 Å². The average molecular weight is 1120 g/mol. The normalized spacial score (nSPS) is 14.4. The van der Waals surface area contributed by atoms with Gasteiger partial charge in [-0.3, -0.25) is 18.6 Å². The van der Waals surface area contributed by atoms with Crippen molar-refractivity contribution in [2.75, 3.05) is 47.5 Å². The molecule has 2 atom stereocenters. The zero-order valence-corrected chi connectivity index (χ0v) is 51.4. The molecule has 0 aliphatic heterocycles. The summed E-state index contributed by atoms with van der Waals surface area (Å²) in [6, 6.07) is 0. The number of ether oxygens (including phenoxy) is 2. The number of phosphoric ester groups is 1. The van der Waals surface area contributed by atoms with Crippen molar-refractivity contribution in [1.82, 2.24) is 0 Å². The molecule has 0 fully saturated rings. The molecule has 1 N–H and O–H groups in total. The van der Waals surface area contributed by atoms with Crippen LogP contribution >= 0.6 is 7.82 Å². The second-order valence-electron chi connectivity index (χ2n) is 21.0. The minimum atomic E-state index is -4.41. The molecule has 0 aliphatic carbocycles. The Balaban J connectivity index is 4.26. The highest BCUT2D eigenvalue weighted by atomic mass is 31.2. The van der Waals surface area contributed by atoms with Gasteiger partial charge in [0.2, 0.25) is 0 Å². The summed E-state index contributed by atoms with van der Waals surface area (Å²) in [7, 11) is 1.42. The highest BCUT2D eigenvalue weighted by Crippen LogP contribution is 2.43. The Bertz CT molecular complexity index is 1890. The largest absolute Gasteiger partial charge is 0.472 e. The van der Waals surface area contributed by atoms with Crippen LogP contribution in [-0.2, 0) is 32.7 Å². The lowest BCUT2D eigenvalue weighted by Crippen LogP contribution is -2.37. The molecule has 0 aromatic heterocycles. The highest BCUT2D eigenvalue weighted by molar-refractivity contribution is 7.47. The molecule has 79 heavy (non-hydrogen) atoms. The molecule has 0 saturated carbocycles. The van der Waals surface area contributed by atoms with Crippen LogP contribution in [0.5, 0.6) is 0 Å². The number of allylic oxidation sites excluding steroid dienone is 26. The van der Waals surface area contributed by atoms with Gasteiger partial charge in [-0.15, -0.1) is 0 Å². The lowest BCUT2D eigenvalue weighted by molar-refractivity contribution is -0.870. The summed E-state index contributed by atoms with van der Waals surface area (Å²) in [5, 5.41) is 0. The van der Waals surface area contributed by atoms with Gasteiger partial charge in [-0.05, 0) is 128 Å². The van der Waals surface area contributed by atoms with E-state index in [2.05, 4.69) is 172 Å². The van der Waals surface area contributed by atoms with Crippen molar-refractivity contribution in [3.8, 4) is 0 Å². The third-order valence-corrected chi connectivity index (χ3v) is 13.3. The van der Waals surface area contributed by atoms with Gasteiger partial charge in [0.1, 0.15) is 19.8 Å². The van der Waals surface area contributed by atoms with Crippen molar-refractivity contribution in [3.05, 3.63) is 158 Å². The van der Waals surface area contributed by atoms with Crippen LogP contribution in [0.2, 0.25) is 0 Å². The van der Waals surface area contributed by atoms with Gasteiger partial charge >= 0.3 is 19.8 Å². The second kappa shape index (κ2) is 58.3. The first kappa shape index (κ1) is 74.6. The fourth-order valence-electron chi connectivity index (χ4n) is 7.58. The van der Waals surface area contributed by atoms with Gasteiger partial charge in [0, 0.05) is 12.8 Å². The molecule has 0 aliphatic rings. The number of phosphoric acid groups is 1. The Morgan fingerprint density at radius 2 is 0.722 bits per heavy atom. The van der Waals surface area contributed by atoms with E-state index in [-0.39, 0.29) is 26.1 Å². The van der Waals surface area contributed by atoms with Crippen LogP contribution in [0.1, 0.15) is 213 Å². The molecule has 0 amide bonds. The van der Waals surface area contributed by atoms with E-state index < -0.39 is 32.5 Å². The van der Waals surface area contributed by atoms with Gasteiger partial charge in [-0.25, -0.2) is 4.57 Å². The van der Waals surface area contributed by atoms with Crippen LogP contribution < -0.4 is 0 Å². The number of nitrogens with zero attached hydrogens (tertiary/aromatic N) is 1. The van der Waals surface area contributed by atoms with Crippen molar-refractivity contribution < 1.29 is 42.1 Å². The fourth-order valence-corrected chi connectivity index (χ4v) is 8.32. The van der Waals surface area contributed by atoms with E-state index in [1.54, 1.807) is 0 Å². The topological polar surface area (TPSA) is 108 Å². The van der Waals surface area contributed by atoms with Crippen LogP contribution in [0.15, 0.2) is 158 Å². The van der Waals surface area contributed by atoms with Gasteiger partial charge < -0.3 is 18.9 Å². The molecule has 0 spiro atoms. The number of rotatable bonds is 54. The molecule has 0 saturated heterocycles. The lowest BCUT2D eigenvalue weighted by atomic mass is 10.1. The van der Waals surface area contributed by atoms with E-state index in [0.717, 1.165) is 122 Å². The molecule has 0 aromatic carbocycles. The summed E-state index contributed by atoms with van der Waals surface area (Å²) in [5.41, 5.74) is 0. The summed E-state index contributed by atoms with van der Waals surface area (Å²) < 4.78 is 34.5. The van der Waals surface area contributed by atoms with E-state index in [1.165, 1.54) is 51.4 Å². The lowest BCUT2D eigenvalue weighted by Gasteiger charge is -2.24. The molecule has 446 valence electrons. The summed E-state index contributed by atoms with van der Waals surface area (Å²) in [4.78, 5) is 35.6. The molecule has 2 unspecified atom stereocenters. The SMILES string of the molecule is CC/C=C\C/C=C\C/C=C\C/C=C\C/C=C\C/C=C\C/C=C\C/C=C\C/C=C\C/C=C\C/C=C\C/C=C\CCCCC(=O)OC(COC(=O)CCCCCCC/C=C\CCCCCCCCC)COP(=O)(O)OCC[N+](C)(C)C. The Morgan fingerprint density at radius 1 is 0.405 bits per heavy atom. The molecule has 9 nitrogen and oxygen atoms in total. The summed E-state index contributed by atoms with van der Waals surface area (Å²) >= 11 is 0. The van der Waals surface area contributed by atoms with Gasteiger partial charge in [0.05, 0.1) is 27.7 Å². The molecular formula is C69H113NO8P+. The number of carbonyl (C=O) groups is 2. The number of quaternary nitrogens is 1. The van der Waals surface area contributed by atoms with Gasteiger partial charge in [0.25, 0.3) is 0 Å². The van der Waals surface area contributed by atoms with Crippen molar-refractivity contribution in [2.24, 2.45) is 0 Å². The van der Waals surface area contributed by atoms with Crippen LogP contribution in [0.3, 0.4) is 0 Å². The number of hydrogen-bond donors (Lipinski definition) is 1. The predicted octanol–water partition coefficient (Wildman–Crippen LogP) is 19.6. The average Bonchev–Trinajstić information content (AvgIpc) is 3.41. The molecular weight excluding hydrogens is 1000 g/mol. The van der Waals surface area contributed by atoms with Crippen molar-refractivity contribution in [1.29, 1.82) is 0 Å². The Morgan fingerprint density at radius 3 is 1.11 bits per heavy atom. The van der Waals surface area contributed by atoms with Crippen LogP contribution in [0, 0.1) is 0 Å². The maximum atomic E-state index is 12.8. The summed E-state index contributed by atoms with van der Waals surface area (Å²) in [5.74, 6) is -0.870. The van der Waals surface area contributed by atoms with Crippen molar-refractivity contribution in [2.45, 2.75) is 219 Å². The monoisotopic (exact) mass is 1110 g/mol. The summed E-state index contributed by atoms with van der Waals surface area (Å²) in [6.07, 6.45) is 87.6. The van der Waals surface area contributed by atoms with E-state index in [1.807, 2.05) is 21.1 Å². The molecule has 0 radical (unpaired) electrons. The van der Waals surface area contributed by atoms with Gasteiger partial charge in [0.15, 0.2) is 6.10 Å². The Hall–Kier alpha value is -4.37. The minimum absolute atomic E-state index is 0.0135. The van der Waals surface area contributed by atoms with Crippen LogP contribution in [-0.4, -0.2) is 74.9 Å². The third-order valence-electron chi connectivity index (χ3n) is 12.3. The zero-order chi connectivity index (χ0) is 57.7. The molecule has 0 rings (SSSR count). The second-order valence-corrected chi connectivity index (χ2v) is 22.5. The van der Waals surface area contributed by atoms with E-state index in [4.69, 9.17) is 18.5 Å². The number of esters is 2. The molecule has 0 bridgehead atoms. The standard InChI is InChI=1S/C69H112NO8P/c1-6-8-10-12-14-16-18-20-22-24-25-26-27-28-29-30-31-32-33-34-35-36-37-38-39-40-41-42-43-44-45-46-48-50-52-54-56-58-60-62-69(72)78-67(66-77-79(73,74)76-64-63-70(3,4)5)65-75-68(71)61-59-57-55-53-51-49-47-23-21-19-17-15-13-11-9-7-2/h8,10,14,16,20,22-23,25-26,28-29,31-32,34-35,37-38,40-41,43-44,46-48,52,54,67H,6-7,9,11-13,15,17-19,21,24,27,30,33,36,39,42,45,49-51,53,55-66H2,1-5H3/p+1/b10-8-,16-14-,22-20-,26-25-,29-28-,32-31-,35-34-,38-37-,41-40-,44-43-,47-23-,48-46-,54-52-. The zero-order valence-electron chi connectivity index (χ0n) is 50.5. The Kier molecular flexibility index (Phi) is 55.1. The van der Waals surface area contributed by atoms with Crippen LogP contribution in [0.25, 0.3) is 0 Å². The van der Waals surface area contributed by atoms with Crippen molar-refractivity contribution in [3.63, 3.8) is 0 Å². The van der Waals surface area contributed by atoms with E-state index in [9.17, 15) is 19.0 Å². The molecule has 0 aromatic rings.